The lowest BCUT2D eigenvalue weighted by Gasteiger charge is -2.19. The zero-order chi connectivity index (χ0) is 21.7. The Balaban J connectivity index is 1.52. The number of thiazole rings is 1. The zero-order valence-corrected chi connectivity index (χ0v) is 19.1. The van der Waals surface area contributed by atoms with Crippen LogP contribution in [-0.4, -0.2) is 29.1 Å². The molecule has 8 heteroatoms. The maximum absolute atomic E-state index is 12.5. The van der Waals surface area contributed by atoms with Crippen LogP contribution in [0, 0.1) is 6.92 Å². The number of anilines is 1. The SMILES string of the molecule is Cc1nc(-c2ccc(CCNC(=O)c3cccc(NC(=O)OC(C)(C)C)c3)s2)cs1. The van der Waals surface area contributed by atoms with Gasteiger partial charge in [0, 0.05) is 28.1 Å². The molecule has 0 atom stereocenters. The molecular formula is C22H25N3O3S2. The van der Waals surface area contributed by atoms with Gasteiger partial charge in [0.15, 0.2) is 0 Å². The van der Waals surface area contributed by atoms with Crippen LogP contribution in [0.4, 0.5) is 10.5 Å². The molecule has 2 aromatic heterocycles. The first-order valence-electron chi connectivity index (χ1n) is 9.59. The molecular weight excluding hydrogens is 418 g/mol. The van der Waals surface area contributed by atoms with Crippen LogP contribution in [-0.2, 0) is 11.2 Å². The van der Waals surface area contributed by atoms with E-state index >= 15 is 0 Å². The molecule has 0 fully saturated rings. The Hall–Kier alpha value is -2.71. The molecule has 0 aliphatic rings. The highest BCUT2D eigenvalue weighted by atomic mass is 32.1. The van der Waals surface area contributed by atoms with Gasteiger partial charge in [-0.3, -0.25) is 10.1 Å². The Labute approximate surface area is 184 Å². The first-order chi connectivity index (χ1) is 14.2. The van der Waals surface area contributed by atoms with Crippen molar-refractivity contribution in [3.63, 3.8) is 0 Å². The Morgan fingerprint density at radius 3 is 2.67 bits per heavy atom. The average molecular weight is 444 g/mol. The summed E-state index contributed by atoms with van der Waals surface area (Å²) < 4.78 is 5.24. The number of carbonyl (C=O) groups is 2. The molecule has 1 aromatic carbocycles. The van der Waals surface area contributed by atoms with E-state index in [0.29, 0.717) is 17.8 Å². The fourth-order valence-electron chi connectivity index (χ4n) is 2.69. The van der Waals surface area contributed by atoms with E-state index in [0.717, 1.165) is 22.0 Å². The molecule has 30 heavy (non-hydrogen) atoms. The van der Waals surface area contributed by atoms with Crippen molar-refractivity contribution in [1.29, 1.82) is 0 Å². The summed E-state index contributed by atoms with van der Waals surface area (Å²) in [4.78, 5) is 31.2. The Bertz CT molecular complexity index is 1030. The summed E-state index contributed by atoms with van der Waals surface area (Å²) in [7, 11) is 0. The summed E-state index contributed by atoms with van der Waals surface area (Å²) in [5.41, 5.74) is 1.41. The van der Waals surface area contributed by atoms with Gasteiger partial charge >= 0.3 is 6.09 Å². The van der Waals surface area contributed by atoms with Crippen LogP contribution in [0.5, 0.6) is 0 Å². The predicted octanol–water partition coefficient (Wildman–Crippen LogP) is 5.50. The minimum atomic E-state index is -0.584. The lowest BCUT2D eigenvalue weighted by molar-refractivity contribution is 0.0635. The quantitative estimate of drug-likeness (QED) is 0.527. The molecule has 0 aliphatic carbocycles. The van der Waals surface area contributed by atoms with E-state index in [-0.39, 0.29) is 5.91 Å². The number of thiophene rings is 1. The highest BCUT2D eigenvalue weighted by Gasteiger charge is 2.16. The average Bonchev–Trinajstić information content (AvgIpc) is 3.29. The second kappa shape index (κ2) is 9.40. The van der Waals surface area contributed by atoms with Gasteiger partial charge in [0.25, 0.3) is 5.91 Å². The van der Waals surface area contributed by atoms with Crippen LogP contribution in [0.2, 0.25) is 0 Å². The minimum Gasteiger partial charge on any atom is -0.444 e. The lowest BCUT2D eigenvalue weighted by atomic mass is 10.2. The van der Waals surface area contributed by atoms with Crippen LogP contribution in [0.1, 0.15) is 41.0 Å². The smallest absolute Gasteiger partial charge is 0.412 e. The van der Waals surface area contributed by atoms with Crippen molar-refractivity contribution in [1.82, 2.24) is 10.3 Å². The number of aromatic nitrogens is 1. The molecule has 6 nitrogen and oxygen atoms in total. The zero-order valence-electron chi connectivity index (χ0n) is 17.4. The fraction of sp³-hybridized carbons (Fsp3) is 0.318. The van der Waals surface area contributed by atoms with Gasteiger partial charge in [0.1, 0.15) is 5.60 Å². The number of aryl methyl sites for hydroxylation is 1. The maximum Gasteiger partial charge on any atom is 0.412 e. The Morgan fingerprint density at radius 1 is 1.17 bits per heavy atom. The molecule has 0 spiro atoms. The van der Waals surface area contributed by atoms with Crippen LogP contribution in [0.25, 0.3) is 10.6 Å². The van der Waals surface area contributed by atoms with Crippen LogP contribution in [0.15, 0.2) is 41.8 Å². The second-order valence-electron chi connectivity index (χ2n) is 7.73. The van der Waals surface area contributed by atoms with E-state index in [4.69, 9.17) is 4.74 Å². The minimum absolute atomic E-state index is 0.185. The summed E-state index contributed by atoms with van der Waals surface area (Å²) in [5, 5.41) is 8.69. The molecule has 0 aliphatic heterocycles. The molecule has 0 radical (unpaired) electrons. The van der Waals surface area contributed by atoms with Crippen LogP contribution in [0.3, 0.4) is 0 Å². The van der Waals surface area contributed by atoms with E-state index in [1.54, 1.807) is 67.7 Å². The molecule has 0 saturated carbocycles. The number of amides is 2. The van der Waals surface area contributed by atoms with Gasteiger partial charge in [-0.25, -0.2) is 9.78 Å². The van der Waals surface area contributed by atoms with Gasteiger partial charge in [0.05, 0.1) is 15.6 Å². The number of benzene rings is 1. The number of ether oxygens (including phenoxy) is 1. The van der Waals surface area contributed by atoms with Gasteiger partial charge in [0.2, 0.25) is 0 Å². The molecule has 3 aromatic rings. The second-order valence-corrected chi connectivity index (χ2v) is 9.96. The van der Waals surface area contributed by atoms with Crippen LogP contribution < -0.4 is 10.6 Å². The van der Waals surface area contributed by atoms with Gasteiger partial charge in [-0.1, -0.05) is 6.07 Å². The van der Waals surface area contributed by atoms with Crippen molar-refractivity contribution in [2.75, 3.05) is 11.9 Å². The highest BCUT2D eigenvalue weighted by Crippen LogP contribution is 2.29. The van der Waals surface area contributed by atoms with E-state index in [1.165, 1.54) is 4.88 Å². The third-order valence-electron chi connectivity index (χ3n) is 3.96. The molecule has 2 amide bonds. The predicted molar refractivity (Wildman–Crippen MR) is 122 cm³/mol. The molecule has 0 bridgehead atoms. The highest BCUT2D eigenvalue weighted by molar-refractivity contribution is 7.16. The molecule has 158 valence electrons. The summed E-state index contributed by atoms with van der Waals surface area (Å²) >= 11 is 3.33. The number of rotatable bonds is 6. The standard InChI is InChI=1S/C22H25N3O3S2/c1-14-24-18(13-29-14)19-9-8-17(30-19)10-11-23-20(26)15-6-5-7-16(12-15)25-21(27)28-22(2,3)4/h5-9,12-13H,10-11H2,1-4H3,(H,23,26)(H,25,27). The topological polar surface area (TPSA) is 80.3 Å². The van der Waals surface area contributed by atoms with Crippen molar-refractivity contribution >= 4 is 40.4 Å². The molecule has 2 N–H and O–H groups in total. The number of hydrogen-bond acceptors (Lipinski definition) is 6. The number of nitrogens with one attached hydrogen (secondary N) is 2. The Kier molecular flexibility index (Phi) is 6.89. The third kappa shape index (κ3) is 6.40. The number of nitrogens with zero attached hydrogens (tertiary/aromatic N) is 1. The van der Waals surface area contributed by atoms with Crippen molar-refractivity contribution in [3.8, 4) is 10.6 Å². The van der Waals surface area contributed by atoms with Crippen molar-refractivity contribution < 1.29 is 14.3 Å². The normalized spacial score (nSPS) is 11.2. The monoisotopic (exact) mass is 443 g/mol. The van der Waals surface area contributed by atoms with E-state index < -0.39 is 11.7 Å². The van der Waals surface area contributed by atoms with E-state index in [2.05, 4.69) is 33.1 Å². The summed E-state index contributed by atoms with van der Waals surface area (Å²) in [6.45, 7) is 7.91. The maximum atomic E-state index is 12.5. The van der Waals surface area contributed by atoms with Crippen molar-refractivity contribution in [3.05, 3.63) is 57.2 Å². The molecule has 0 saturated heterocycles. The molecule has 2 heterocycles. The molecule has 0 unspecified atom stereocenters. The summed E-state index contributed by atoms with van der Waals surface area (Å²) in [5.74, 6) is -0.185. The largest absolute Gasteiger partial charge is 0.444 e. The van der Waals surface area contributed by atoms with Gasteiger partial charge in [-0.15, -0.1) is 22.7 Å². The summed E-state index contributed by atoms with van der Waals surface area (Å²) in [6, 6.07) is 10.9. The van der Waals surface area contributed by atoms with E-state index in [1.807, 2.05) is 6.92 Å². The van der Waals surface area contributed by atoms with Gasteiger partial charge < -0.3 is 10.1 Å². The number of hydrogen-bond donors (Lipinski definition) is 2. The van der Waals surface area contributed by atoms with Crippen molar-refractivity contribution in [2.24, 2.45) is 0 Å². The van der Waals surface area contributed by atoms with E-state index in [9.17, 15) is 9.59 Å². The third-order valence-corrected chi connectivity index (χ3v) is 5.90. The lowest BCUT2D eigenvalue weighted by Crippen LogP contribution is -2.27. The Morgan fingerprint density at radius 2 is 1.97 bits per heavy atom. The van der Waals surface area contributed by atoms with Gasteiger partial charge in [-0.2, -0.15) is 0 Å². The first-order valence-corrected chi connectivity index (χ1v) is 11.3. The number of carbonyl (C=O) groups excluding carboxylic acids is 2. The first kappa shape index (κ1) is 22.0. The fourth-order valence-corrected chi connectivity index (χ4v) is 4.34. The summed E-state index contributed by atoms with van der Waals surface area (Å²) in [6.07, 6.45) is 0.193. The van der Waals surface area contributed by atoms with Crippen LogP contribution >= 0.6 is 22.7 Å². The molecule has 3 rings (SSSR count). The van der Waals surface area contributed by atoms with Crippen molar-refractivity contribution in [2.45, 2.75) is 39.7 Å². The van der Waals surface area contributed by atoms with Gasteiger partial charge in [-0.05, 0) is 64.4 Å².